The number of rotatable bonds is 2. The zero-order valence-corrected chi connectivity index (χ0v) is 12.6. The maximum atomic E-state index is 2.64. The molecule has 0 bridgehead atoms. The molecule has 1 aliphatic carbocycles. The molecular formula is C16H24Si. The lowest BCUT2D eigenvalue weighted by Gasteiger charge is -2.20. The second-order valence-corrected chi connectivity index (χ2v) is 11.0. The van der Waals surface area contributed by atoms with Crippen LogP contribution in [0.5, 0.6) is 0 Å². The van der Waals surface area contributed by atoms with Crippen LogP contribution in [0.25, 0.3) is 0 Å². The Kier molecular flexibility index (Phi) is 3.31. The Balaban J connectivity index is 2.21. The molecule has 0 nitrogen and oxygen atoms in total. The van der Waals surface area contributed by atoms with E-state index >= 15 is 0 Å². The van der Waals surface area contributed by atoms with Crippen LogP contribution in [0.4, 0.5) is 0 Å². The molecule has 0 unspecified atom stereocenters. The molecule has 0 heterocycles. The smallest absolute Gasteiger partial charge is 0.0910 e. The van der Waals surface area contributed by atoms with Gasteiger partial charge in [-0.25, -0.2) is 0 Å². The van der Waals surface area contributed by atoms with E-state index in [2.05, 4.69) is 63.0 Å². The normalized spacial score (nSPS) is 22.0. The highest BCUT2D eigenvalue weighted by Crippen LogP contribution is 2.40. The molecular weight excluding hydrogens is 220 g/mol. The van der Waals surface area contributed by atoms with Gasteiger partial charge >= 0.3 is 0 Å². The van der Waals surface area contributed by atoms with Crippen LogP contribution in [-0.4, -0.2) is 8.07 Å². The fourth-order valence-electron chi connectivity index (χ4n) is 2.87. The maximum absolute atomic E-state index is 2.64. The first-order valence-electron chi connectivity index (χ1n) is 6.65. The first-order valence-corrected chi connectivity index (χ1v) is 9.73. The van der Waals surface area contributed by atoms with Crippen molar-refractivity contribution in [2.75, 3.05) is 0 Å². The minimum absolute atomic E-state index is 0.535. The van der Waals surface area contributed by atoms with Crippen molar-refractivity contribution in [2.45, 2.75) is 46.2 Å². The average molecular weight is 244 g/mol. The SMILES string of the molecule is CC1(C)CC/C(=C\[Si](C)(C)c2ccccc2)C1. The van der Waals surface area contributed by atoms with Gasteiger partial charge < -0.3 is 0 Å². The first kappa shape index (κ1) is 12.6. The highest BCUT2D eigenvalue weighted by Gasteiger charge is 2.29. The minimum atomic E-state index is -1.37. The molecule has 17 heavy (non-hydrogen) atoms. The molecule has 0 saturated heterocycles. The zero-order valence-electron chi connectivity index (χ0n) is 11.6. The van der Waals surface area contributed by atoms with E-state index in [1.54, 1.807) is 10.8 Å². The molecule has 0 aliphatic heterocycles. The van der Waals surface area contributed by atoms with Gasteiger partial charge in [0.2, 0.25) is 0 Å². The topological polar surface area (TPSA) is 0 Å². The Hall–Kier alpha value is -0.823. The molecule has 1 fully saturated rings. The molecule has 1 aromatic carbocycles. The van der Waals surface area contributed by atoms with Crippen molar-refractivity contribution in [3.8, 4) is 0 Å². The number of benzene rings is 1. The van der Waals surface area contributed by atoms with Crippen molar-refractivity contribution >= 4 is 13.3 Å². The van der Waals surface area contributed by atoms with Crippen LogP contribution in [0.15, 0.2) is 41.6 Å². The molecule has 2 rings (SSSR count). The van der Waals surface area contributed by atoms with E-state index in [9.17, 15) is 0 Å². The summed E-state index contributed by atoms with van der Waals surface area (Å²) in [5.41, 5.74) is 4.87. The first-order chi connectivity index (χ1) is 7.89. The molecule has 0 aromatic heterocycles. The summed E-state index contributed by atoms with van der Waals surface area (Å²) in [5.74, 6) is 0. The second kappa shape index (κ2) is 4.45. The van der Waals surface area contributed by atoms with Crippen LogP contribution in [0.1, 0.15) is 33.1 Å². The Morgan fingerprint density at radius 2 is 1.76 bits per heavy atom. The van der Waals surface area contributed by atoms with Gasteiger partial charge in [0.25, 0.3) is 0 Å². The van der Waals surface area contributed by atoms with Crippen LogP contribution in [0, 0.1) is 5.41 Å². The predicted octanol–water partition coefficient (Wildman–Crippen LogP) is 4.28. The summed E-state index contributed by atoms with van der Waals surface area (Å²) < 4.78 is 0. The standard InChI is InChI=1S/C16H24Si/c1-16(2)11-10-14(12-16)13-17(3,4)15-8-6-5-7-9-15/h5-9,13H,10-12H2,1-4H3/b14-13+. The lowest BCUT2D eigenvalue weighted by Crippen LogP contribution is -2.39. The highest BCUT2D eigenvalue weighted by molar-refractivity contribution is 6.94. The average Bonchev–Trinajstić information content (AvgIpc) is 2.58. The summed E-state index contributed by atoms with van der Waals surface area (Å²) >= 11 is 0. The van der Waals surface area contributed by atoms with Crippen molar-refractivity contribution in [3.63, 3.8) is 0 Å². The summed E-state index contributed by atoms with van der Waals surface area (Å²) in [4.78, 5) is 0. The highest BCUT2D eigenvalue weighted by atomic mass is 28.3. The van der Waals surface area contributed by atoms with Crippen molar-refractivity contribution < 1.29 is 0 Å². The van der Waals surface area contributed by atoms with Gasteiger partial charge in [0.05, 0.1) is 0 Å². The van der Waals surface area contributed by atoms with Gasteiger partial charge in [0.15, 0.2) is 0 Å². The summed E-state index contributed by atoms with van der Waals surface area (Å²) in [7, 11) is -1.37. The van der Waals surface area contributed by atoms with Gasteiger partial charge in [-0.1, -0.05) is 73.7 Å². The lowest BCUT2D eigenvalue weighted by atomic mass is 9.92. The Morgan fingerprint density at radius 3 is 2.29 bits per heavy atom. The molecule has 1 aromatic rings. The Bertz CT molecular complexity index is 412. The van der Waals surface area contributed by atoms with E-state index in [1.807, 2.05) is 0 Å². The van der Waals surface area contributed by atoms with Crippen molar-refractivity contribution in [1.82, 2.24) is 0 Å². The van der Waals surface area contributed by atoms with Crippen LogP contribution in [-0.2, 0) is 0 Å². The van der Waals surface area contributed by atoms with Crippen molar-refractivity contribution in [3.05, 3.63) is 41.6 Å². The molecule has 92 valence electrons. The number of hydrogen-bond acceptors (Lipinski definition) is 0. The maximum Gasteiger partial charge on any atom is 0.104 e. The van der Waals surface area contributed by atoms with Crippen LogP contribution in [0.3, 0.4) is 0 Å². The molecule has 1 aliphatic rings. The van der Waals surface area contributed by atoms with Gasteiger partial charge in [-0.05, 0) is 24.7 Å². The summed E-state index contributed by atoms with van der Waals surface area (Å²) in [6.45, 7) is 9.71. The van der Waals surface area contributed by atoms with Crippen LogP contribution < -0.4 is 5.19 Å². The molecule has 1 saturated carbocycles. The minimum Gasteiger partial charge on any atom is -0.0910 e. The van der Waals surface area contributed by atoms with E-state index in [1.165, 1.54) is 19.3 Å². The zero-order chi connectivity index (χ0) is 12.5. The Labute approximate surface area is 107 Å². The van der Waals surface area contributed by atoms with E-state index in [4.69, 9.17) is 0 Å². The molecule has 0 spiro atoms. The van der Waals surface area contributed by atoms with Crippen molar-refractivity contribution in [2.24, 2.45) is 5.41 Å². The summed E-state index contributed by atoms with van der Waals surface area (Å²) in [6, 6.07) is 11.0. The fraction of sp³-hybridized carbons (Fsp3) is 0.500. The van der Waals surface area contributed by atoms with Gasteiger partial charge in [-0.15, -0.1) is 0 Å². The van der Waals surface area contributed by atoms with Gasteiger partial charge in [-0.2, -0.15) is 0 Å². The Morgan fingerprint density at radius 1 is 1.12 bits per heavy atom. The van der Waals surface area contributed by atoms with Crippen LogP contribution >= 0.6 is 0 Å². The van der Waals surface area contributed by atoms with Crippen molar-refractivity contribution in [1.29, 1.82) is 0 Å². The molecule has 1 heteroatoms. The molecule has 0 radical (unpaired) electrons. The largest absolute Gasteiger partial charge is 0.104 e. The fourth-order valence-corrected chi connectivity index (χ4v) is 5.36. The molecule has 0 atom stereocenters. The van der Waals surface area contributed by atoms with E-state index in [0.29, 0.717) is 5.41 Å². The molecule has 0 amide bonds. The van der Waals surface area contributed by atoms with E-state index in [-0.39, 0.29) is 0 Å². The third-order valence-electron chi connectivity index (χ3n) is 3.91. The van der Waals surface area contributed by atoms with Crippen LogP contribution in [0.2, 0.25) is 13.1 Å². The van der Waals surface area contributed by atoms with Gasteiger partial charge in [0.1, 0.15) is 8.07 Å². The van der Waals surface area contributed by atoms with E-state index in [0.717, 1.165) is 0 Å². The number of allylic oxidation sites excluding steroid dienone is 1. The molecule has 0 N–H and O–H groups in total. The third-order valence-corrected chi connectivity index (χ3v) is 6.86. The summed E-state index contributed by atoms with van der Waals surface area (Å²) in [5, 5.41) is 1.55. The quantitative estimate of drug-likeness (QED) is 0.681. The monoisotopic (exact) mass is 244 g/mol. The van der Waals surface area contributed by atoms with Gasteiger partial charge in [-0.3, -0.25) is 0 Å². The van der Waals surface area contributed by atoms with E-state index < -0.39 is 8.07 Å². The number of hydrogen-bond donors (Lipinski definition) is 0. The summed E-state index contributed by atoms with van der Waals surface area (Å²) in [6.07, 6.45) is 3.98. The van der Waals surface area contributed by atoms with Gasteiger partial charge in [0, 0.05) is 0 Å². The lowest BCUT2D eigenvalue weighted by molar-refractivity contribution is 0.389. The second-order valence-electron chi connectivity index (χ2n) is 6.73. The third kappa shape index (κ3) is 3.10. The predicted molar refractivity (Wildman–Crippen MR) is 79.3 cm³/mol.